The normalized spacial score (nSPS) is 10.8. The standard InChI is InChI=1S/C13H11F3N2O3/c14-7-5-8(15)12(9(16)6-7)13-18-17-10(21-13)3-1-2-4-11(19)20/h5-6H,1-4H2,(H,19,20). The minimum Gasteiger partial charge on any atom is -0.481 e. The van der Waals surface area contributed by atoms with E-state index in [4.69, 9.17) is 9.52 Å². The van der Waals surface area contributed by atoms with Crippen molar-refractivity contribution < 1.29 is 27.5 Å². The summed E-state index contributed by atoms with van der Waals surface area (Å²) in [7, 11) is 0. The van der Waals surface area contributed by atoms with Gasteiger partial charge < -0.3 is 9.52 Å². The first-order valence-electron chi connectivity index (χ1n) is 6.16. The number of carboxylic acids is 1. The predicted molar refractivity (Wildman–Crippen MR) is 64.8 cm³/mol. The zero-order chi connectivity index (χ0) is 15.4. The molecule has 1 heterocycles. The van der Waals surface area contributed by atoms with Gasteiger partial charge >= 0.3 is 5.97 Å². The van der Waals surface area contributed by atoms with Crippen LogP contribution in [0.1, 0.15) is 25.2 Å². The fourth-order valence-corrected chi connectivity index (χ4v) is 1.75. The van der Waals surface area contributed by atoms with E-state index in [0.29, 0.717) is 31.4 Å². The number of hydrogen-bond acceptors (Lipinski definition) is 4. The van der Waals surface area contributed by atoms with Crippen molar-refractivity contribution in [1.82, 2.24) is 10.2 Å². The van der Waals surface area contributed by atoms with Crippen molar-refractivity contribution in [2.75, 3.05) is 0 Å². The number of carboxylic acid groups (broad SMARTS) is 1. The molecule has 5 nitrogen and oxygen atoms in total. The molecule has 1 aromatic carbocycles. The molecule has 0 unspecified atom stereocenters. The highest BCUT2D eigenvalue weighted by atomic mass is 19.1. The van der Waals surface area contributed by atoms with Crippen LogP contribution in [0.5, 0.6) is 0 Å². The Balaban J connectivity index is 2.08. The Bertz CT molecular complexity index is 635. The zero-order valence-corrected chi connectivity index (χ0v) is 10.8. The summed E-state index contributed by atoms with van der Waals surface area (Å²) in [5.74, 6) is -4.45. The van der Waals surface area contributed by atoms with Crippen molar-refractivity contribution in [2.24, 2.45) is 0 Å². The Kier molecular flexibility index (Phi) is 4.56. The zero-order valence-electron chi connectivity index (χ0n) is 10.8. The SMILES string of the molecule is O=C(O)CCCCc1nnc(-c2c(F)cc(F)cc2F)o1. The second-order valence-corrected chi connectivity index (χ2v) is 4.35. The third kappa shape index (κ3) is 3.80. The summed E-state index contributed by atoms with van der Waals surface area (Å²) in [4.78, 5) is 10.3. The molecule has 0 spiro atoms. The van der Waals surface area contributed by atoms with E-state index in [1.165, 1.54) is 0 Å². The number of rotatable bonds is 6. The molecular formula is C13H11F3N2O3. The molecule has 2 rings (SSSR count). The van der Waals surface area contributed by atoms with Crippen molar-refractivity contribution in [3.8, 4) is 11.5 Å². The van der Waals surface area contributed by atoms with Crippen LogP contribution in [-0.4, -0.2) is 21.3 Å². The fraction of sp³-hybridized carbons (Fsp3) is 0.308. The highest BCUT2D eigenvalue weighted by Gasteiger charge is 2.19. The maximum Gasteiger partial charge on any atom is 0.303 e. The quantitative estimate of drug-likeness (QED) is 0.830. The second-order valence-electron chi connectivity index (χ2n) is 4.35. The van der Waals surface area contributed by atoms with Gasteiger partial charge in [-0.15, -0.1) is 10.2 Å². The molecule has 0 saturated carbocycles. The van der Waals surface area contributed by atoms with Crippen LogP contribution in [0, 0.1) is 17.5 Å². The Morgan fingerprint density at radius 2 is 1.81 bits per heavy atom. The van der Waals surface area contributed by atoms with E-state index < -0.39 is 29.0 Å². The van der Waals surface area contributed by atoms with Crippen LogP contribution in [-0.2, 0) is 11.2 Å². The van der Waals surface area contributed by atoms with Gasteiger partial charge in [0, 0.05) is 25.0 Å². The van der Waals surface area contributed by atoms with Crippen molar-refractivity contribution in [3.05, 3.63) is 35.5 Å². The lowest BCUT2D eigenvalue weighted by molar-refractivity contribution is -0.137. The maximum atomic E-state index is 13.5. The van der Waals surface area contributed by atoms with E-state index in [0.717, 1.165) is 0 Å². The van der Waals surface area contributed by atoms with Crippen LogP contribution in [0.3, 0.4) is 0 Å². The fourth-order valence-electron chi connectivity index (χ4n) is 1.75. The van der Waals surface area contributed by atoms with Crippen LogP contribution >= 0.6 is 0 Å². The summed E-state index contributed by atoms with van der Waals surface area (Å²) in [5, 5.41) is 15.6. The number of hydrogen-bond donors (Lipinski definition) is 1. The van der Waals surface area contributed by atoms with Gasteiger partial charge in [-0.2, -0.15) is 0 Å². The summed E-state index contributed by atoms with van der Waals surface area (Å²) in [6.07, 6.45) is 1.22. The summed E-state index contributed by atoms with van der Waals surface area (Å²) in [6, 6.07) is 1.05. The van der Waals surface area contributed by atoms with Crippen LogP contribution in [0.2, 0.25) is 0 Å². The Morgan fingerprint density at radius 3 is 2.43 bits per heavy atom. The van der Waals surface area contributed by atoms with Gasteiger partial charge in [-0.05, 0) is 12.8 Å². The summed E-state index contributed by atoms with van der Waals surface area (Å²) < 4.78 is 45.0. The van der Waals surface area contributed by atoms with E-state index in [9.17, 15) is 18.0 Å². The molecule has 0 saturated heterocycles. The molecule has 0 amide bonds. The molecule has 0 radical (unpaired) electrons. The third-order valence-corrected chi connectivity index (χ3v) is 2.72. The first kappa shape index (κ1) is 15.0. The number of benzene rings is 1. The summed E-state index contributed by atoms with van der Waals surface area (Å²) in [6.45, 7) is 0. The average Bonchev–Trinajstić information content (AvgIpc) is 2.81. The molecule has 0 atom stereocenters. The monoisotopic (exact) mass is 300 g/mol. The minimum atomic E-state index is -1.13. The molecule has 112 valence electrons. The minimum absolute atomic E-state index is 0.0161. The number of aromatic nitrogens is 2. The molecule has 0 aliphatic carbocycles. The van der Waals surface area contributed by atoms with Gasteiger partial charge in [0.2, 0.25) is 5.89 Å². The first-order valence-corrected chi connectivity index (χ1v) is 6.16. The van der Waals surface area contributed by atoms with Crippen LogP contribution in [0.25, 0.3) is 11.5 Å². The lowest BCUT2D eigenvalue weighted by Crippen LogP contribution is -1.95. The van der Waals surface area contributed by atoms with Crippen molar-refractivity contribution in [3.63, 3.8) is 0 Å². The van der Waals surface area contributed by atoms with Crippen molar-refractivity contribution >= 4 is 5.97 Å². The van der Waals surface area contributed by atoms with Crippen molar-refractivity contribution in [1.29, 1.82) is 0 Å². The van der Waals surface area contributed by atoms with Crippen LogP contribution < -0.4 is 0 Å². The molecule has 2 aromatic rings. The summed E-state index contributed by atoms with van der Waals surface area (Å²) >= 11 is 0. The highest BCUT2D eigenvalue weighted by molar-refractivity contribution is 5.66. The Morgan fingerprint density at radius 1 is 1.14 bits per heavy atom. The summed E-state index contributed by atoms with van der Waals surface area (Å²) in [5.41, 5.74) is -0.583. The van der Waals surface area contributed by atoms with E-state index in [2.05, 4.69) is 10.2 Å². The molecule has 21 heavy (non-hydrogen) atoms. The Hall–Kier alpha value is -2.38. The molecular weight excluding hydrogens is 289 g/mol. The van der Waals surface area contributed by atoms with Crippen LogP contribution in [0.15, 0.2) is 16.5 Å². The molecule has 0 fully saturated rings. The van der Waals surface area contributed by atoms with Gasteiger partial charge in [-0.25, -0.2) is 13.2 Å². The van der Waals surface area contributed by atoms with Gasteiger partial charge in [-0.3, -0.25) is 4.79 Å². The first-order chi connectivity index (χ1) is 9.97. The van der Waals surface area contributed by atoms with E-state index in [1.807, 2.05) is 0 Å². The number of unbranched alkanes of at least 4 members (excludes halogenated alkanes) is 1. The second kappa shape index (κ2) is 6.38. The molecule has 1 N–H and O–H groups in total. The number of nitrogens with zero attached hydrogens (tertiary/aromatic N) is 2. The predicted octanol–water partition coefficient (Wildman–Crippen LogP) is 2.95. The lowest BCUT2D eigenvalue weighted by atomic mass is 10.2. The maximum absolute atomic E-state index is 13.5. The third-order valence-electron chi connectivity index (χ3n) is 2.72. The molecule has 8 heteroatoms. The average molecular weight is 300 g/mol. The van der Waals surface area contributed by atoms with Gasteiger partial charge in [0.25, 0.3) is 5.89 Å². The smallest absolute Gasteiger partial charge is 0.303 e. The number of aliphatic carboxylic acids is 1. The van der Waals surface area contributed by atoms with E-state index in [-0.39, 0.29) is 18.2 Å². The highest BCUT2D eigenvalue weighted by Crippen LogP contribution is 2.26. The van der Waals surface area contributed by atoms with Gasteiger partial charge in [-0.1, -0.05) is 0 Å². The molecule has 1 aromatic heterocycles. The van der Waals surface area contributed by atoms with Crippen LogP contribution in [0.4, 0.5) is 13.2 Å². The molecule has 0 bridgehead atoms. The van der Waals surface area contributed by atoms with Gasteiger partial charge in [0.15, 0.2) is 0 Å². The van der Waals surface area contributed by atoms with E-state index >= 15 is 0 Å². The topological polar surface area (TPSA) is 76.2 Å². The van der Waals surface area contributed by atoms with Gasteiger partial charge in [0.05, 0.1) is 0 Å². The molecule has 0 aliphatic rings. The largest absolute Gasteiger partial charge is 0.481 e. The number of aryl methyl sites for hydroxylation is 1. The number of halogens is 3. The lowest BCUT2D eigenvalue weighted by Gasteiger charge is -2.00. The Labute approximate surface area is 117 Å². The number of carbonyl (C=O) groups is 1. The van der Waals surface area contributed by atoms with Gasteiger partial charge in [0.1, 0.15) is 23.0 Å². The van der Waals surface area contributed by atoms with Crippen molar-refractivity contribution in [2.45, 2.75) is 25.7 Å². The van der Waals surface area contributed by atoms with E-state index in [1.54, 1.807) is 0 Å². The molecule has 0 aliphatic heterocycles.